The second-order valence-electron chi connectivity index (χ2n) is 7.29. The van der Waals surface area contributed by atoms with E-state index in [9.17, 15) is 13.2 Å². The van der Waals surface area contributed by atoms with Crippen molar-refractivity contribution in [2.45, 2.75) is 38.5 Å². The Kier molecular flexibility index (Phi) is 4.38. The van der Waals surface area contributed by atoms with Crippen molar-refractivity contribution in [3.63, 3.8) is 0 Å². The molecule has 0 radical (unpaired) electrons. The molecule has 2 N–H and O–H groups in total. The third-order valence-electron chi connectivity index (χ3n) is 5.69. The molecule has 8 heteroatoms. The summed E-state index contributed by atoms with van der Waals surface area (Å²) in [6.45, 7) is 4.29. The van der Waals surface area contributed by atoms with Gasteiger partial charge in [0.25, 0.3) is 0 Å². The lowest BCUT2D eigenvalue weighted by Crippen LogP contribution is -2.35. The Balaban J connectivity index is 1.42. The summed E-state index contributed by atoms with van der Waals surface area (Å²) in [7, 11) is 0. The van der Waals surface area contributed by atoms with Crippen LogP contribution < -0.4 is 10.2 Å². The molecule has 0 spiro atoms. The molecule has 3 heterocycles. The molecule has 1 aliphatic carbocycles. The van der Waals surface area contributed by atoms with E-state index in [4.69, 9.17) is 0 Å². The average molecular weight is 365 g/mol. The maximum atomic E-state index is 12.9. The predicted molar refractivity (Wildman–Crippen MR) is 91.6 cm³/mol. The van der Waals surface area contributed by atoms with Crippen LogP contribution in [0.2, 0.25) is 0 Å². The quantitative estimate of drug-likeness (QED) is 0.874. The molecular formula is C18H22F3N5. The van der Waals surface area contributed by atoms with Gasteiger partial charge in [0.1, 0.15) is 11.5 Å². The van der Waals surface area contributed by atoms with E-state index in [-0.39, 0.29) is 0 Å². The van der Waals surface area contributed by atoms with Gasteiger partial charge in [0, 0.05) is 36.9 Å². The third kappa shape index (κ3) is 3.30. The van der Waals surface area contributed by atoms with Crippen molar-refractivity contribution < 1.29 is 13.2 Å². The molecule has 3 unspecified atom stereocenters. The highest BCUT2D eigenvalue weighted by atomic mass is 19.4. The number of aryl methyl sites for hydroxylation is 1. The van der Waals surface area contributed by atoms with Gasteiger partial charge in [-0.1, -0.05) is 6.07 Å². The number of anilines is 1. The fourth-order valence-electron chi connectivity index (χ4n) is 4.26. The number of nitrogens with one attached hydrogen (secondary N) is 2. The fourth-order valence-corrected chi connectivity index (χ4v) is 4.26. The average Bonchev–Trinajstić information content (AvgIpc) is 3.29. The van der Waals surface area contributed by atoms with Crippen LogP contribution in [0.3, 0.4) is 0 Å². The van der Waals surface area contributed by atoms with Crippen molar-refractivity contribution in [1.29, 1.82) is 0 Å². The number of aromatic nitrogens is 3. The summed E-state index contributed by atoms with van der Waals surface area (Å²) in [4.78, 5) is 5.85. The number of fused-ring (bicyclic) bond motifs is 1. The van der Waals surface area contributed by atoms with E-state index in [2.05, 4.69) is 20.5 Å². The van der Waals surface area contributed by atoms with E-state index < -0.39 is 11.9 Å². The predicted octanol–water partition coefficient (Wildman–Crippen LogP) is 3.14. The van der Waals surface area contributed by atoms with Crippen molar-refractivity contribution in [1.82, 2.24) is 20.5 Å². The Bertz CT molecular complexity index is 772. The van der Waals surface area contributed by atoms with Crippen LogP contribution >= 0.6 is 0 Å². The molecule has 0 amide bonds. The zero-order valence-electron chi connectivity index (χ0n) is 14.6. The van der Waals surface area contributed by atoms with E-state index in [0.29, 0.717) is 23.7 Å². The molecule has 4 rings (SSSR count). The van der Waals surface area contributed by atoms with Crippen LogP contribution in [0.1, 0.15) is 29.8 Å². The molecule has 1 saturated heterocycles. The standard InChI is InChI=1S/C18H22F3N5/c1-11-13(8-23-25-11)7-22-15-6-5-12-9-26(10-14(12)15)17-4-2-3-16(24-17)18(19,20)21/h2-4,8,12,14-15,22H,5-7,9-10H2,1H3,(H,23,25). The Morgan fingerprint density at radius 1 is 1.27 bits per heavy atom. The number of nitrogens with zero attached hydrogens (tertiary/aromatic N) is 3. The van der Waals surface area contributed by atoms with Gasteiger partial charge in [-0.2, -0.15) is 18.3 Å². The van der Waals surface area contributed by atoms with E-state index in [1.807, 2.05) is 18.0 Å². The highest BCUT2D eigenvalue weighted by Crippen LogP contribution is 2.40. The van der Waals surface area contributed by atoms with Crippen molar-refractivity contribution in [2.75, 3.05) is 18.0 Å². The minimum absolute atomic E-state index is 0.380. The molecule has 5 nitrogen and oxygen atoms in total. The minimum Gasteiger partial charge on any atom is -0.356 e. The van der Waals surface area contributed by atoms with Crippen LogP contribution in [0, 0.1) is 18.8 Å². The number of hydrogen-bond donors (Lipinski definition) is 2. The largest absolute Gasteiger partial charge is 0.433 e. The maximum Gasteiger partial charge on any atom is 0.433 e. The van der Waals surface area contributed by atoms with Gasteiger partial charge in [-0.05, 0) is 43.7 Å². The first kappa shape index (κ1) is 17.3. The number of H-pyrrole nitrogens is 1. The Labute approximate surface area is 150 Å². The van der Waals surface area contributed by atoms with Crippen LogP contribution in [0.4, 0.5) is 19.0 Å². The van der Waals surface area contributed by atoms with Gasteiger partial charge in [0.15, 0.2) is 0 Å². The lowest BCUT2D eigenvalue weighted by atomic mass is 9.97. The second kappa shape index (κ2) is 6.57. The summed E-state index contributed by atoms with van der Waals surface area (Å²) in [5, 5.41) is 10.6. The van der Waals surface area contributed by atoms with Gasteiger partial charge in [-0.3, -0.25) is 5.10 Å². The van der Waals surface area contributed by atoms with Crippen LogP contribution in [-0.4, -0.2) is 34.3 Å². The third-order valence-corrected chi connectivity index (χ3v) is 5.69. The van der Waals surface area contributed by atoms with Crippen LogP contribution in [0.25, 0.3) is 0 Å². The van der Waals surface area contributed by atoms with Crippen molar-refractivity contribution in [3.05, 3.63) is 41.3 Å². The van der Waals surface area contributed by atoms with Gasteiger partial charge in [0.2, 0.25) is 0 Å². The molecule has 0 bridgehead atoms. The zero-order valence-corrected chi connectivity index (χ0v) is 14.6. The fraction of sp³-hybridized carbons (Fsp3) is 0.556. The van der Waals surface area contributed by atoms with Crippen LogP contribution in [-0.2, 0) is 12.7 Å². The number of aromatic amines is 1. The van der Waals surface area contributed by atoms with E-state index in [1.165, 1.54) is 6.07 Å². The highest BCUT2D eigenvalue weighted by Gasteiger charge is 2.43. The number of halogens is 3. The van der Waals surface area contributed by atoms with E-state index in [1.54, 1.807) is 6.07 Å². The van der Waals surface area contributed by atoms with Gasteiger partial charge in [-0.25, -0.2) is 4.98 Å². The molecule has 2 aromatic heterocycles. The van der Waals surface area contributed by atoms with Crippen LogP contribution in [0.15, 0.2) is 24.4 Å². The topological polar surface area (TPSA) is 56.8 Å². The molecule has 140 valence electrons. The Hall–Kier alpha value is -2.09. The summed E-state index contributed by atoms with van der Waals surface area (Å²) >= 11 is 0. The van der Waals surface area contributed by atoms with Gasteiger partial charge in [-0.15, -0.1) is 0 Å². The van der Waals surface area contributed by atoms with Gasteiger partial charge >= 0.3 is 6.18 Å². The molecule has 2 aliphatic rings. The van der Waals surface area contributed by atoms with Gasteiger partial charge < -0.3 is 10.2 Å². The number of hydrogen-bond acceptors (Lipinski definition) is 4. The zero-order chi connectivity index (χ0) is 18.3. The summed E-state index contributed by atoms with van der Waals surface area (Å²) < 4.78 is 38.7. The maximum absolute atomic E-state index is 12.9. The smallest absolute Gasteiger partial charge is 0.356 e. The molecule has 3 atom stereocenters. The highest BCUT2D eigenvalue weighted by molar-refractivity contribution is 5.42. The summed E-state index contributed by atoms with van der Waals surface area (Å²) in [5.74, 6) is 1.38. The molecule has 0 aromatic carbocycles. The summed E-state index contributed by atoms with van der Waals surface area (Å²) in [6.07, 6.45) is -0.362. The van der Waals surface area contributed by atoms with Crippen molar-refractivity contribution >= 4 is 5.82 Å². The van der Waals surface area contributed by atoms with E-state index in [0.717, 1.165) is 49.8 Å². The Morgan fingerprint density at radius 3 is 2.85 bits per heavy atom. The number of alkyl halides is 3. The summed E-state index contributed by atoms with van der Waals surface area (Å²) in [5.41, 5.74) is 1.40. The lowest BCUT2D eigenvalue weighted by molar-refractivity contribution is -0.141. The van der Waals surface area contributed by atoms with Crippen molar-refractivity contribution in [3.8, 4) is 0 Å². The first-order valence-corrected chi connectivity index (χ1v) is 8.93. The second-order valence-corrected chi connectivity index (χ2v) is 7.29. The SMILES string of the molecule is Cc1[nH]ncc1CNC1CCC2CN(c3cccc(C(F)(F)F)n3)CC21. The minimum atomic E-state index is -4.40. The molecule has 1 aliphatic heterocycles. The molecule has 1 saturated carbocycles. The summed E-state index contributed by atoms with van der Waals surface area (Å²) in [6, 6.07) is 4.52. The monoisotopic (exact) mass is 365 g/mol. The molecule has 2 aromatic rings. The van der Waals surface area contributed by atoms with Crippen LogP contribution in [0.5, 0.6) is 0 Å². The number of rotatable bonds is 4. The first-order valence-electron chi connectivity index (χ1n) is 8.93. The van der Waals surface area contributed by atoms with Gasteiger partial charge in [0.05, 0.1) is 6.20 Å². The number of pyridine rings is 1. The van der Waals surface area contributed by atoms with E-state index >= 15 is 0 Å². The normalized spacial score (nSPS) is 25.7. The van der Waals surface area contributed by atoms with Crippen molar-refractivity contribution in [2.24, 2.45) is 11.8 Å². The first-order chi connectivity index (χ1) is 12.4. The Morgan fingerprint density at radius 2 is 2.12 bits per heavy atom. The molecule has 26 heavy (non-hydrogen) atoms. The molecule has 2 fully saturated rings. The lowest BCUT2D eigenvalue weighted by Gasteiger charge is -2.23. The molecular weight excluding hydrogens is 343 g/mol.